The SMILES string of the molecule is Cc1cc([N+](=O)[O-])cc(F)c1SC(F)(F)F. The summed E-state index contributed by atoms with van der Waals surface area (Å²) in [6, 6.07) is 1.37. The summed E-state index contributed by atoms with van der Waals surface area (Å²) in [5, 5.41) is 10.3. The zero-order valence-electron chi connectivity index (χ0n) is 7.84. The molecule has 0 heterocycles. The lowest BCUT2D eigenvalue weighted by atomic mass is 10.2. The van der Waals surface area contributed by atoms with Gasteiger partial charge in [0.05, 0.1) is 15.9 Å². The fourth-order valence-electron chi connectivity index (χ4n) is 1.06. The van der Waals surface area contributed by atoms with Crippen molar-refractivity contribution in [2.45, 2.75) is 17.3 Å². The summed E-state index contributed by atoms with van der Waals surface area (Å²) in [6.45, 7) is 1.18. The van der Waals surface area contributed by atoms with Crippen molar-refractivity contribution in [3.8, 4) is 0 Å². The van der Waals surface area contributed by atoms with Crippen LogP contribution in [0, 0.1) is 22.9 Å². The van der Waals surface area contributed by atoms with Gasteiger partial charge in [0.1, 0.15) is 5.82 Å². The van der Waals surface area contributed by atoms with E-state index in [1.54, 1.807) is 0 Å². The molecule has 1 aromatic rings. The van der Waals surface area contributed by atoms with E-state index in [0.29, 0.717) is 6.07 Å². The van der Waals surface area contributed by atoms with Gasteiger partial charge in [-0.1, -0.05) is 0 Å². The average Bonchev–Trinajstić information content (AvgIpc) is 2.09. The van der Waals surface area contributed by atoms with E-state index in [0.717, 1.165) is 6.07 Å². The maximum Gasteiger partial charge on any atom is 0.446 e. The van der Waals surface area contributed by atoms with Crippen molar-refractivity contribution >= 4 is 17.4 Å². The van der Waals surface area contributed by atoms with Crippen LogP contribution in [0.3, 0.4) is 0 Å². The van der Waals surface area contributed by atoms with Crippen LogP contribution in [-0.2, 0) is 0 Å². The minimum Gasteiger partial charge on any atom is -0.258 e. The van der Waals surface area contributed by atoms with Gasteiger partial charge in [-0.05, 0) is 24.2 Å². The number of halogens is 4. The number of nitro benzene ring substituents is 1. The van der Waals surface area contributed by atoms with Gasteiger partial charge in [-0.25, -0.2) is 4.39 Å². The highest BCUT2D eigenvalue weighted by Crippen LogP contribution is 2.40. The maximum absolute atomic E-state index is 13.2. The number of thioether (sulfide) groups is 1. The standard InChI is InChI=1S/C8H5F4NO2S/c1-4-2-5(13(14)15)3-6(9)7(4)16-8(10,11)12/h2-3H,1H3. The molecular weight excluding hydrogens is 250 g/mol. The summed E-state index contributed by atoms with van der Waals surface area (Å²) in [6.07, 6.45) is 0. The van der Waals surface area contributed by atoms with E-state index in [-0.39, 0.29) is 5.56 Å². The molecule has 3 nitrogen and oxygen atoms in total. The first-order valence-electron chi connectivity index (χ1n) is 3.91. The van der Waals surface area contributed by atoms with Gasteiger partial charge >= 0.3 is 5.51 Å². The van der Waals surface area contributed by atoms with Crippen LogP contribution in [0.4, 0.5) is 23.2 Å². The van der Waals surface area contributed by atoms with Crippen LogP contribution in [-0.4, -0.2) is 10.4 Å². The molecule has 0 aromatic heterocycles. The zero-order chi connectivity index (χ0) is 12.5. The Hall–Kier alpha value is -1.31. The quantitative estimate of drug-likeness (QED) is 0.350. The predicted octanol–water partition coefficient (Wildman–Crippen LogP) is 3.65. The fraction of sp³-hybridized carbons (Fsp3) is 0.250. The second-order valence-electron chi connectivity index (χ2n) is 2.88. The number of rotatable bonds is 2. The van der Waals surface area contributed by atoms with Crippen LogP contribution in [0.25, 0.3) is 0 Å². The Morgan fingerprint density at radius 3 is 2.31 bits per heavy atom. The Labute approximate surface area is 91.6 Å². The van der Waals surface area contributed by atoms with Gasteiger partial charge in [-0.15, -0.1) is 0 Å². The molecule has 1 rings (SSSR count). The van der Waals surface area contributed by atoms with Crippen LogP contribution in [0.15, 0.2) is 17.0 Å². The first kappa shape index (κ1) is 12.8. The molecule has 16 heavy (non-hydrogen) atoms. The number of hydrogen-bond donors (Lipinski definition) is 0. The molecule has 0 amide bonds. The highest BCUT2D eigenvalue weighted by Gasteiger charge is 2.32. The molecule has 0 saturated heterocycles. The Bertz CT molecular complexity index is 410. The van der Waals surface area contributed by atoms with Crippen LogP contribution in [0.5, 0.6) is 0 Å². The van der Waals surface area contributed by atoms with Crippen molar-refractivity contribution in [2.24, 2.45) is 0 Å². The van der Waals surface area contributed by atoms with Gasteiger partial charge in [0.2, 0.25) is 0 Å². The number of non-ortho nitro benzene ring substituents is 1. The molecule has 0 aliphatic rings. The van der Waals surface area contributed by atoms with Crippen LogP contribution in [0.1, 0.15) is 5.56 Å². The van der Waals surface area contributed by atoms with Crippen molar-refractivity contribution in [3.63, 3.8) is 0 Å². The summed E-state index contributed by atoms with van der Waals surface area (Å²) in [5.74, 6) is -1.24. The van der Waals surface area contributed by atoms with E-state index in [4.69, 9.17) is 0 Å². The molecule has 8 heteroatoms. The highest BCUT2D eigenvalue weighted by molar-refractivity contribution is 8.00. The van der Waals surface area contributed by atoms with Crippen LogP contribution < -0.4 is 0 Å². The smallest absolute Gasteiger partial charge is 0.258 e. The third kappa shape index (κ3) is 3.09. The maximum atomic E-state index is 13.2. The van der Waals surface area contributed by atoms with Crippen molar-refractivity contribution in [1.29, 1.82) is 0 Å². The van der Waals surface area contributed by atoms with E-state index in [1.165, 1.54) is 6.92 Å². The number of nitrogens with zero attached hydrogens (tertiary/aromatic N) is 1. The van der Waals surface area contributed by atoms with Gasteiger partial charge in [0.15, 0.2) is 0 Å². The van der Waals surface area contributed by atoms with Gasteiger partial charge in [0, 0.05) is 6.07 Å². The molecule has 0 unspecified atom stereocenters. The molecule has 0 saturated carbocycles. The van der Waals surface area contributed by atoms with Crippen molar-refractivity contribution < 1.29 is 22.5 Å². The van der Waals surface area contributed by atoms with E-state index in [2.05, 4.69) is 0 Å². The summed E-state index contributed by atoms with van der Waals surface area (Å²) in [5.41, 5.74) is -5.31. The number of aryl methyl sites for hydroxylation is 1. The van der Waals surface area contributed by atoms with Gasteiger partial charge in [-0.3, -0.25) is 10.1 Å². The number of alkyl halides is 3. The molecule has 1 aromatic carbocycles. The molecule has 88 valence electrons. The lowest BCUT2D eigenvalue weighted by molar-refractivity contribution is -0.385. The second-order valence-corrected chi connectivity index (χ2v) is 3.95. The molecule has 0 N–H and O–H groups in total. The Balaban J connectivity index is 3.18. The van der Waals surface area contributed by atoms with E-state index < -0.39 is 38.6 Å². The summed E-state index contributed by atoms with van der Waals surface area (Å²) in [7, 11) is 0. The average molecular weight is 255 g/mol. The van der Waals surface area contributed by atoms with E-state index in [1.807, 2.05) is 0 Å². The fourth-order valence-corrected chi connectivity index (χ4v) is 1.67. The Kier molecular flexibility index (Phi) is 3.41. The largest absolute Gasteiger partial charge is 0.446 e. The number of benzene rings is 1. The predicted molar refractivity (Wildman–Crippen MR) is 49.7 cm³/mol. The molecule has 0 bridgehead atoms. The molecule has 0 atom stereocenters. The third-order valence-corrected chi connectivity index (χ3v) is 2.60. The highest BCUT2D eigenvalue weighted by atomic mass is 32.2. The lowest BCUT2D eigenvalue weighted by Gasteiger charge is -2.09. The third-order valence-electron chi connectivity index (χ3n) is 1.64. The van der Waals surface area contributed by atoms with Crippen molar-refractivity contribution in [1.82, 2.24) is 0 Å². The van der Waals surface area contributed by atoms with Gasteiger partial charge in [0.25, 0.3) is 5.69 Å². The molecule has 0 fully saturated rings. The Morgan fingerprint density at radius 1 is 1.38 bits per heavy atom. The second kappa shape index (κ2) is 4.28. The Morgan fingerprint density at radius 2 is 1.94 bits per heavy atom. The normalized spacial score (nSPS) is 11.6. The van der Waals surface area contributed by atoms with Crippen molar-refractivity contribution in [3.05, 3.63) is 33.6 Å². The summed E-state index contributed by atoms with van der Waals surface area (Å²) < 4.78 is 49.2. The van der Waals surface area contributed by atoms with Crippen LogP contribution in [0.2, 0.25) is 0 Å². The van der Waals surface area contributed by atoms with E-state index >= 15 is 0 Å². The number of hydrogen-bond acceptors (Lipinski definition) is 3. The molecule has 0 radical (unpaired) electrons. The zero-order valence-corrected chi connectivity index (χ0v) is 8.66. The minimum atomic E-state index is -4.62. The number of nitro groups is 1. The van der Waals surface area contributed by atoms with Gasteiger partial charge < -0.3 is 0 Å². The molecule has 0 aliphatic heterocycles. The topological polar surface area (TPSA) is 43.1 Å². The van der Waals surface area contributed by atoms with Crippen molar-refractivity contribution in [2.75, 3.05) is 0 Å². The molecule has 0 aliphatic carbocycles. The van der Waals surface area contributed by atoms with Crippen LogP contribution >= 0.6 is 11.8 Å². The summed E-state index contributed by atoms with van der Waals surface area (Å²) >= 11 is -0.623. The molecular formula is C8H5F4NO2S. The summed E-state index contributed by atoms with van der Waals surface area (Å²) in [4.78, 5) is 8.81. The monoisotopic (exact) mass is 255 g/mol. The van der Waals surface area contributed by atoms with Gasteiger partial charge in [-0.2, -0.15) is 13.2 Å². The minimum absolute atomic E-state index is 0.117. The van der Waals surface area contributed by atoms with E-state index in [9.17, 15) is 27.7 Å². The first-order chi connectivity index (χ1) is 7.20. The lowest BCUT2D eigenvalue weighted by Crippen LogP contribution is -2.02. The molecule has 0 spiro atoms. The first-order valence-corrected chi connectivity index (χ1v) is 4.72.